The minimum atomic E-state index is -0.496. The first-order valence-electron chi connectivity index (χ1n) is 6.81. The fourth-order valence-corrected chi connectivity index (χ4v) is 2.68. The molecule has 20 heavy (non-hydrogen) atoms. The summed E-state index contributed by atoms with van der Waals surface area (Å²) in [4.78, 5) is 12.6. The lowest BCUT2D eigenvalue weighted by atomic mass is 10.1. The van der Waals surface area contributed by atoms with E-state index in [-0.39, 0.29) is 11.5 Å². The van der Waals surface area contributed by atoms with Gasteiger partial charge in [-0.3, -0.25) is 4.79 Å². The number of nitrogens with zero attached hydrogens (tertiary/aromatic N) is 1. The molecule has 0 saturated carbocycles. The van der Waals surface area contributed by atoms with Crippen LogP contribution in [0.5, 0.6) is 0 Å². The fraction of sp³-hybridized carbons (Fsp3) is 0.235. The van der Waals surface area contributed by atoms with E-state index in [1.54, 1.807) is 6.92 Å². The summed E-state index contributed by atoms with van der Waals surface area (Å²) in [5.74, 6) is 0. The van der Waals surface area contributed by atoms with Crippen LogP contribution in [0, 0.1) is 0 Å². The molecule has 2 unspecified atom stereocenters. The van der Waals surface area contributed by atoms with Gasteiger partial charge >= 0.3 is 0 Å². The van der Waals surface area contributed by atoms with Gasteiger partial charge < -0.3 is 9.67 Å². The van der Waals surface area contributed by atoms with E-state index in [9.17, 15) is 9.90 Å². The van der Waals surface area contributed by atoms with Crippen LogP contribution >= 0.6 is 0 Å². The van der Waals surface area contributed by atoms with E-state index in [4.69, 9.17) is 0 Å². The first-order chi connectivity index (χ1) is 9.61. The van der Waals surface area contributed by atoms with Crippen LogP contribution in [0.25, 0.3) is 21.8 Å². The van der Waals surface area contributed by atoms with Crippen LogP contribution in [0.2, 0.25) is 0 Å². The minimum Gasteiger partial charge on any atom is -0.391 e. The highest BCUT2D eigenvalue weighted by molar-refractivity contribution is 5.93. The van der Waals surface area contributed by atoms with Crippen molar-refractivity contribution in [1.29, 1.82) is 0 Å². The van der Waals surface area contributed by atoms with Gasteiger partial charge in [0.25, 0.3) is 0 Å². The smallest absolute Gasteiger partial charge is 0.197 e. The second-order valence-corrected chi connectivity index (χ2v) is 5.21. The lowest BCUT2D eigenvalue weighted by Crippen LogP contribution is -2.22. The zero-order valence-electron chi connectivity index (χ0n) is 11.6. The van der Waals surface area contributed by atoms with Crippen LogP contribution in [-0.2, 0) is 0 Å². The number of pyridine rings is 1. The second kappa shape index (κ2) is 4.76. The van der Waals surface area contributed by atoms with Gasteiger partial charge in [0.2, 0.25) is 0 Å². The topological polar surface area (TPSA) is 42.2 Å². The highest BCUT2D eigenvalue weighted by Gasteiger charge is 2.17. The van der Waals surface area contributed by atoms with E-state index in [0.717, 1.165) is 11.0 Å². The quantitative estimate of drug-likeness (QED) is 0.725. The maximum absolute atomic E-state index is 12.6. The molecule has 0 bridgehead atoms. The number of aromatic nitrogens is 1. The SMILES string of the molecule is CC(O)C(C)n1c2ccccc2c(=O)c2ccccc21. The highest BCUT2D eigenvalue weighted by atomic mass is 16.3. The molecule has 0 aliphatic heterocycles. The molecule has 2 atom stereocenters. The summed E-state index contributed by atoms with van der Waals surface area (Å²) in [6, 6.07) is 15.0. The molecular formula is C17H17NO2. The van der Waals surface area contributed by atoms with Crippen LogP contribution in [0.1, 0.15) is 19.9 Å². The molecule has 0 aliphatic carbocycles. The predicted octanol–water partition coefficient (Wildman–Crippen LogP) is 3.10. The van der Waals surface area contributed by atoms with Gasteiger partial charge in [0.15, 0.2) is 5.43 Å². The van der Waals surface area contributed by atoms with E-state index < -0.39 is 6.10 Å². The van der Waals surface area contributed by atoms with Crippen molar-refractivity contribution in [2.24, 2.45) is 0 Å². The Hall–Kier alpha value is -2.13. The molecule has 3 nitrogen and oxygen atoms in total. The molecule has 0 amide bonds. The van der Waals surface area contributed by atoms with Crippen LogP contribution < -0.4 is 5.43 Å². The zero-order chi connectivity index (χ0) is 14.3. The zero-order valence-corrected chi connectivity index (χ0v) is 11.6. The summed E-state index contributed by atoms with van der Waals surface area (Å²) in [5.41, 5.74) is 1.78. The van der Waals surface area contributed by atoms with Crippen LogP contribution in [-0.4, -0.2) is 15.8 Å². The number of benzene rings is 2. The first-order valence-corrected chi connectivity index (χ1v) is 6.81. The van der Waals surface area contributed by atoms with Crippen LogP contribution in [0.3, 0.4) is 0 Å². The summed E-state index contributed by atoms with van der Waals surface area (Å²) in [6.07, 6.45) is -0.496. The molecule has 0 fully saturated rings. The van der Waals surface area contributed by atoms with Crippen molar-refractivity contribution >= 4 is 21.8 Å². The van der Waals surface area contributed by atoms with Crippen molar-refractivity contribution in [2.45, 2.75) is 26.0 Å². The van der Waals surface area contributed by atoms with Gasteiger partial charge in [-0.2, -0.15) is 0 Å². The molecule has 3 rings (SSSR count). The summed E-state index contributed by atoms with van der Waals surface area (Å²) in [6.45, 7) is 3.74. The Morgan fingerprint density at radius 3 is 1.80 bits per heavy atom. The summed E-state index contributed by atoms with van der Waals surface area (Å²) >= 11 is 0. The van der Waals surface area contributed by atoms with Crippen molar-refractivity contribution in [3.63, 3.8) is 0 Å². The number of hydrogen-bond donors (Lipinski definition) is 1. The Balaban J connectivity index is 2.56. The molecule has 0 spiro atoms. The number of aliphatic hydroxyl groups is 1. The molecule has 1 N–H and O–H groups in total. The van der Waals surface area contributed by atoms with Gasteiger partial charge in [0.05, 0.1) is 23.2 Å². The second-order valence-electron chi connectivity index (χ2n) is 5.21. The monoisotopic (exact) mass is 267 g/mol. The lowest BCUT2D eigenvalue weighted by Gasteiger charge is -2.23. The molecule has 0 radical (unpaired) electrons. The van der Waals surface area contributed by atoms with Gasteiger partial charge in [0, 0.05) is 10.8 Å². The third-order valence-corrected chi connectivity index (χ3v) is 3.92. The third kappa shape index (κ3) is 1.82. The van der Waals surface area contributed by atoms with Crippen molar-refractivity contribution in [3.8, 4) is 0 Å². The molecule has 2 aromatic carbocycles. The Morgan fingerprint density at radius 1 is 0.900 bits per heavy atom. The number of hydrogen-bond acceptors (Lipinski definition) is 2. The molecule has 1 heterocycles. The van der Waals surface area contributed by atoms with Gasteiger partial charge in [-0.25, -0.2) is 0 Å². The molecule has 3 aromatic rings. The average Bonchev–Trinajstić information content (AvgIpc) is 2.47. The third-order valence-electron chi connectivity index (χ3n) is 3.92. The number of fused-ring (bicyclic) bond motifs is 2. The van der Waals surface area contributed by atoms with Crippen LogP contribution in [0.15, 0.2) is 53.3 Å². The lowest BCUT2D eigenvalue weighted by molar-refractivity contribution is 0.143. The highest BCUT2D eigenvalue weighted by Crippen LogP contribution is 2.25. The number of para-hydroxylation sites is 2. The molecular weight excluding hydrogens is 250 g/mol. The van der Waals surface area contributed by atoms with Crippen LogP contribution in [0.4, 0.5) is 0 Å². The Bertz CT molecular complexity index is 773. The van der Waals surface area contributed by atoms with E-state index in [0.29, 0.717) is 10.8 Å². The van der Waals surface area contributed by atoms with E-state index in [1.807, 2.05) is 55.5 Å². The van der Waals surface area contributed by atoms with E-state index >= 15 is 0 Å². The summed E-state index contributed by atoms with van der Waals surface area (Å²) in [5, 5.41) is 11.4. The standard InChI is InChI=1S/C17H17NO2/c1-11(12(2)19)18-15-9-5-3-7-13(15)17(20)14-8-4-6-10-16(14)18/h3-12,19H,1-2H3. The Labute approximate surface area is 117 Å². The van der Waals surface area contributed by atoms with Gasteiger partial charge in [0.1, 0.15) is 0 Å². The van der Waals surface area contributed by atoms with E-state index in [1.165, 1.54) is 0 Å². The van der Waals surface area contributed by atoms with Crippen molar-refractivity contribution < 1.29 is 5.11 Å². The normalized spacial score (nSPS) is 14.6. The Kier molecular flexibility index (Phi) is 3.07. The Morgan fingerprint density at radius 2 is 1.35 bits per heavy atom. The maximum atomic E-state index is 12.6. The van der Waals surface area contributed by atoms with Crippen molar-refractivity contribution in [3.05, 3.63) is 58.8 Å². The largest absolute Gasteiger partial charge is 0.391 e. The van der Waals surface area contributed by atoms with Crippen molar-refractivity contribution in [1.82, 2.24) is 4.57 Å². The predicted molar refractivity (Wildman–Crippen MR) is 82.1 cm³/mol. The van der Waals surface area contributed by atoms with Gasteiger partial charge in [-0.1, -0.05) is 24.3 Å². The fourth-order valence-electron chi connectivity index (χ4n) is 2.68. The van der Waals surface area contributed by atoms with Gasteiger partial charge in [-0.05, 0) is 38.1 Å². The molecule has 0 saturated heterocycles. The molecule has 3 heteroatoms. The number of rotatable bonds is 2. The number of aliphatic hydroxyl groups excluding tert-OH is 1. The molecule has 1 aromatic heterocycles. The maximum Gasteiger partial charge on any atom is 0.197 e. The average molecular weight is 267 g/mol. The summed E-state index contributed by atoms with van der Waals surface area (Å²) < 4.78 is 2.05. The first kappa shape index (κ1) is 12.9. The van der Waals surface area contributed by atoms with Crippen molar-refractivity contribution in [2.75, 3.05) is 0 Å². The van der Waals surface area contributed by atoms with Gasteiger partial charge in [-0.15, -0.1) is 0 Å². The molecule has 102 valence electrons. The summed E-state index contributed by atoms with van der Waals surface area (Å²) in [7, 11) is 0. The minimum absolute atomic E-state index is 0.0465. The molecule has 0 aliphatic rings. The van der Waals surface area contributed by atoms with E-state index in [2.05, 4.69) is 4.57 Å².